The number of halogens is 1. The number of morpholine rings is 1. The molecule has 0 radical (unpaired) electrons. The summed E-state index contributed by atoms with van der Waals surface area (Å²) in [7, 11) is 0. The average Bonchev–Trinajstić information content (AvgIpc) is 3.22. The molecular weight excluding hydrogens is 417 g/mol. The monoisotopic (exact) mass is 443 g/mol. The number of nitrogens with two attached hydrogens (primary N) is 1. The number of hydrogen-bond donors (Lipinski definition) is 5. The molecule has 1 saturated heterocycles. The molecule has 1 aromatic carbocycles. The summed E-state index contributed by atoms with van der Waals surface area (Å²) in [6.07, 6.45) is 0.823. The average molecular weight is 443 g/mol. The van der Waals surface area contributed by atoms with Crippen molar-refractivity contribution in [2.45, 2.75) is 13.0 Å². The second kappa shape index (κ2) is 9.11. The third-order valence-electron chi connectivity index (χ3n) is 5.67. The molecule has 0 aliphatic carbocycles. The van der Waals surface area contributed by atoms with Gasteiger partial charge < -0.3 is 31.2 Å². The number of nitrogens with zero attached hydrogens (tertiary/aromatic N) is 1. The standard InChI is InChI=1S/C22H26FN5O4/c1-12-18(9-16-15-8-13(23)2-3-17(15)27-21(16)30)26-20(24)19(12)22(31)25-10-14(29)11-28-4-6-32-7-5-28/h2-3,8-9,14,26,29H,4-7,10-11,24H2,1H3,(H,25,31)(H,27,30)/b16-9-/t14-/m1/s1. The van der Waals surface area contributed by atoms with Crippen molar-refractivity contribution in [1.82, 2.24) is 15.2 Å². The van der Waals surface area contributed by atoms with Gasteiger partial charge in [0.2, 0.25) is 0 Å². The number of ether oxygens (including phenoxy) is 1. The summed E-state index contributed by atoms with van der Waals surface area (Å²) in [5.41, 5.74) is 8.54. The van der Waals surface area contributed by atoms with Gasteiger partial charge in [-0.05, 0) is 36.8 Å². The number of aliphatic hydroxyl groups excluding tert-OH is 1. The van der Waals surface area contributed by atoms with E-state index in [0.29, 0.717) is 42.3 Å². The lowest BCUT2D eigenvalue weighted by Crippen LogP contribution is -2.44. The molecule has 6 N–H and O–H groups in total. The highest BCUT2D eigenvalue weighted by Gasteiger charge is 2.26. The lowest BCUT2D eigenvalue weighted by molar-refractivity contribution is -0.110. The Balaban J connectivity index is 1.47. The van der Waals surface area contributed by atoms with Crippen LogP contribution in [0.5, 0.6) is 0 Å². The maximum atomic E-state index is 13.7. The van der Waals surface area contributed by atoms with Gasteiger partial charge in [-0.1, -0.05) is 0 Å². The molecule has 2 aromatic rings. The van der Waals surface area contributed by atoms with E-state index in [2.05, 4.69) is 20.5 Å². The van der Waals surface area contributed by atoms with Crippen LogP contribution in [0.3, 0.4) is 0 Å². The number of benzene rings is 1. The van der Waals surface area contributed by atoms with Gasteiger partial charge in [-0.2, -0.15) is 0 Å². The zero-order valence-electron chi connectivity index (χ0n) is 17.7. The number of anilines is 2. The van der Waals surface area contributed by atoms with Crippen LogP contribution in [0, 0.1) is 12.7 Å². The Kier molecular flexibility index (Phi) is 6.26. The van der Waals surface area contributed by atoms with Gasteiger partial charge >= 0.3 is 0 Å². The third-order valence-corrected chi connectivity index (χ3v) is 5.67. The second-order valence-electron chi connectivity index (χ2n) is 7.93. The molecule has 2 amide bonds. The summed E-state index contributed by atoms with van der Waals surface area (Å²) in [5, 5.41) is 15.7. The van der Waals surface area contributed by atoms with Gasteiger partial charge in [-0.25, -0.2) is 4.39 Å². The number of carbonyl (C=O) groups is 2. The summed E-state index contributed by atoms with van der Waals surface area (Å²) >= 11 is 0. The Morgan fingerprint density at radius 1 is 1.41 bits per heavy atom. The summed E-state index contributed by atoms with van der Waals surface area (Å²) in [6, 6.07) is 4.06. The van der Waals surface area contributed by atoms with E-state index in [-0.39, 0.29) is 29.4 Å². The minimum atomic E-state index is -0.729. The van der Waals surface area contributed by atoms with Crippen molar-refractivity contribution < 1.29 is 23.8 Å². The Hall–Kier alpha value is -3.21. The number of H-pyrrole nitrogens is 1. The van der Waals surface area contributed by atoms with Crippen LogP contribution in [0.25, 0.3) is 11.6 Å². The molecular formula is C22H26FN5O4. The van der Waals surface area contributed by atoms with Gasteiger partial charge in [0.1, 0.15) is 11.6 Å². The van der Waals surface area contributed by atoms with E-state index in [1.54, 1.807) is 13.0 Å². The molecule has 10 heteroatoms. The van der Waals surface area contributed by atoms with Crippen molar-refractivity contribution in [3.8, 4) is 0 Å². The number of nitrogens with one attached hydrogen (secondary N) is 3. The molecule has 0 bridgehead atoms. The van der Waals surface area contributed by atoms with Gasteiger partial charge in [0.15, 0.2) is 0 Å². The topological polar surface area (TPSA) is 133 Å². The van der Waals surface area contributed by atoms with Crippen molar-refractivity contribution in [1.29, 1.82) is 0 Å². The Morgan fingerprint density at radius 3 is 2.91 bits per heavy atom. The first kappa shape index (κ1) is 22.0. The van der Waals surface area contributed by atoms with Crippen LogP contribution in [-0.4, -0.2) is 72.3 Å². The molecule has 1 fully saturated rings. The minimum Gasteiger partial charge on any atom is -0.390 e. The van der Waals surface area contributed by atoms with Gasteiger partial charge in [0, 0.05) is 43.1 Å². The van der Waals surface area contributed by atoms with Crippen molar-refractivity contribution >= 4 is 35.0 Å². The summed E-state index contributed by atoms with van der Waals surface area (Å²) < 4.78 is 19.0. The van der Waals surface area contributed by atoms with Crippen molar-refractivity contribution in [2.24, 2.45) is 0 Å². The van der Waals surface area contributed by atoms with Crippen LogP contribution in [-0.2, 0) is 9.53 Å². The highest BCUT2D eigenvalue weighted by Crippen LogP contribution is 2.34. The predicted molar refractivity (Wildman–Crippen MR) is 118 cm³/mol. The number of aromatic nitrogens is 1. The van der Waals surface area contributed by atoms with Crippen LogP contribution in [0.15, 0.2) is 18.2 Å². The predicted octanol–water partition coefficient (Wildman–Crippen LogP) is 0.960. The minimum absolute atomic E-state index is 0.0751. The Bertz CT molecular complexity index is 1070. The van der Waals surface area contributed by atoms with E-state index in [0.717, 1.165) is 13.1 Å². The molecule has 9 nitrogen and oxygen atoms in total. The fourth-order valence-corrected chi connectivity index (χ4v) is 3.97. The molecule has 32 heavy (non-hydrogen) atoms. The molecule has 1 atom stereocenters. The highest BCUT2D eigenvalue weighted by atomic mass is 19.1. The fraction of sp³-hybridized carbons (Fsp3) is 0.364. The van der Waals surface area contributed by atoms with E-state index >= 15 is 0 Å². The maximum Gasteiger partial charge on any atom is 0.256 e. The van der Waals surface area contributed by atoms with E-state index in [1.807, 2.05) is 0 Å². The maximum absolute atomic E-state index is 13.7. The molecule has 4 rings (SSSR count). The Morgan fingerprint density at radius 2 is 2.16 bits per heavy atom. The first-order valence-electron chi connectivity index (χ1n) is 10.4. The molecule has 1 aromatic heterocycles. The van der Waals surface area contributed by atoms with Crippen molar-refractivity contribution in [3.63, 3.8) is 0 Å². The van der Waals surface area contributed by atoms with Gasteiger partial charge in [-0.15, -0.1) is 0 Å². The zero-order chi connectivity index (χ0) is 22.8. The lowest BCUT2D eigenvalue weighted by Gasteiger charge is -2.28. The molecule has 0 unspecified atom stereocenters. The largest absolute Gasteiger partial charge is 0.390 e. The quantitative estimate of drug-likeness (QED) is 0.423. The summed E-state index contributed by atoms with van der Waals surface area (Å²) in [4.78, 5) is 30.1. The van der Waals surface area contributed by atoms with Gasteiger partial charge in [-0.3, -0.25) is 14.5 Å². The number of β-amino-alcohol motifs (C(OH)–C–C–N with tert-alkyl or cyclic N) is 1. The highest BCUT2D eigenvalue weighted by molar-refractivity contribution is 6.35. The van der Waals surface area contributed by atoms with E-state index in [4.69, 9.17) is 10.5 Å². The SMILES string of the molecule is Cc1c(/C=C2\C(=O)Nc3ccc(F)cc32)[nH]c(N)c1C(=O)NC[C@@H](O)CN1CCOCC1. The van der Waals surface area contributed by atoms with Crippen molar-refractivity contribution in [2.75, 3.05) is 50.4 Å². The number of hydrogen-bond acceptors (Lipinski definition) is 6. The number of carbonyl (C=O) groups excluding carboxylic acids is 2. The number of fused-ring (bicyclic) bond motifs is 1. The lowest BCUT2D eigenvalue weighted by atomic mass is 10.0. The second-order valence-corrected chi connectivity index (χ2v) is 7.93. The smallest absolute Gasteiger partial charge is 0.256 e. The fourth-order valence-electron chi connectivity index (χ4n) is 3.97. The van der Waals surface area contributed by atoms with Gasteiger partial charge in [0.25, 0.3) is 11.8 Å². The first-order chi connectivity index (χ1) is 15.3. The molecule has 170 valence electrons. The first-order valence-corrected chi connectivity index (χ1v) is 10.4. The van der Waals surface area contributed by atoms with E-state index < -0.39 is 17.8 Å². The third kappa shape index (κ3) is 4.52. The van der Waals surface area contributed by atoms with Gasteiger partial charge in [0.05, 0.1) is 30.5 Å². The molecule has 0 saturated carbocycles. The molecule has 2 aliphatic heterocycles. The van der Waals surface area contributed by atoms with Crippen molar-refractivity contribution in [3.05, 3.63) is 46.4 Å². The molecule has 3 heterocycles. The molecule has 2 aliphatic rings. The number of nitrogen functional groups attached to an aromatic ring is 1. The summed E-state index contributed by atoms with van der Waals surface area (Å²) in [6.45, 7) is 4.97. The number of aliphatic hydroxyl groups is 1. The normalized spacial score (nSPS) is 18.5. The Labute approximate surface area is 184 Å². The summed E-state index contributed by atoms with van der Waals surface area (Å²) in [5.74, 6) is -1.10. The van der Waals surface area contributed by atoms with Crippen LogP contribution in [0.2, 0.25) is 0 Å². The van der Waals surface area contributed by atoms with Crippen LogP contribution < -0.4 is 16.4 Å². The van der Waals surface area contributed by atoms with Crippen LogP contribution in [0.4, 0.5) is 15.9 Å². The van der Waals surface area contributed by atoms with E-state index in [1.165, 1.54) is 18.2 Å². The number of rotatable bonds is 6. The molecule has 0 spiro atoms. The van der Waals surface area contributed by atoms with Crippen LogP contribution in [0.1, 0.15) is 27.2 Å². The number of aromatic amines is 1. The van der Waals surface area contributed by atoms with Crippen LogP contribution >= 0.6 is 0 Å². The zero-order valence-corrected chi connectivity index (χ0v) is 17.7. The van der Waals surface area contributed by atoms with E-state index in [9.17, 15) is 19.1 Å². The number of amides is 2.